The largest absolute Gasteiger partial charge is 0.459 e. The van der Waals surface area contributed by atoms with E-state index in [9.17, 15) is 9.59 Å². The standard InChI is InChI=1S/C20H17N5O4/c1-2-28-19(27)18-24-25-20(29-18)23-16-17(26)21-14-11-7-6-10-13(14)15(22-16)12-8-4-3-5-9-12/h3-11,16H,2H2,1H3,(H,21,26)(H,23,25). The number of hydrogen-bond acceptors (Lipinski definition) is 8. The predicted octanol–water partition coefficient (Wildman–Crippen LogP) is 2.47. The van der Waals surface area contributed by atoms with Gasteiger partial charge in [-0.15, -0.1) is 0 Å². The Morgan fingerprint density at radius 3 is 2.69 bits per heavy atom. The molecule has 0 aliphatic carbocycles. The molecule has 0 fully saturated rings. The lowest BCUT2D eigenvalue weighted by molar-refractivity contribution is -0.116. The summed E-state index contributed by atoms with van der Waals surface area (Å²) in [4.78, 5) is 29.0. The fourth-order valence-corrected chi connectivity index (χ4v) is 2.85. The van der Waals surface area contributed by atoms with Crippen molar-refractivity contribution in [2.75, 3.05) is 17.2 Å². The van der Waals surface area contributed by atoms with E-state index in [1.165, 1.54) is 0 Å². The SMILES string of the molecule is CCOC(=O)c1nnc(NC2N=C(c3ccccc3)c3ccccc3NC2=O)o1. The maximum Gasteiger partial charge on any atom is 0.396 e. The van der Waals surface area contributed by atoms with Crippen LogP contribution in [0.15, 0.2) is 64.0 Å². The Hall–Kier alpha value is -4.01. The Labute approximate surface area is 165 Å². The van der Waals surface area contributed by atoms with E-state index in [4.69, 9.17) is 9.15 Å². The van der Waals surface area contributed by atoms with Crippen molar-refractivity contribution in [2.24, 2.45) is 4.99 Å². The van der Waals surface area contributed by atoms with E-state index < -0.39 is 18.0 Å². The Morgan fingerprint density at radius 1 is 1.14 bits per heavy atom. The molecule has 1 atom stereocenters. The van der Waals surface area contributed by atoms with Crippen molar-refractivity contribution in [2.45, 2.75) is 13.1 Å². The molecule has 2 aromatic carbocycles. The Balaban J connectivity index is 1.69. The van der Waals surface area contributed by atoms with Crippen LogP contribution in [0, 0.1) is 0 Å². The fourth-order valence-electron chi connectivity index (χ4n) is 2.85. The topological polar surface area (TPSA) is 119 Å². The average Bonchev–Trinajstić information content (AvgIpc) is 3.16. The number of para-hydroxylation sites is 1. The molecular weight excluding hydrogens is 374 g/mol. The number of nitrogens with zero attached hydrogens (tertiary/aromatic N) is 3. The summed E-state index contributed by atoms with van der Waals surface area (Å²) in [5, 5.41) is 13.0. The van der Waals surface area contributed by atoms with Crippen molar-refractivity contribution in [1.82, 2.24) is 10.2 Å². The van der Waals surface area contributed by atoms with Gasteiger partial charge in [0.2, 0.25) is 6.17 Å². The quantitative estimate of drug-likeness (QED) is 0.641. The first-order valence-corrected chi connectivity index (χ1v) is 8.96. The van der Waals surface area contributed by atoms with Crippen molar-refractivity contribution in [3.8, 4) is 0 Å². The van der Waals surface area contributed by atoms with E-state index in [0.717, 1.165) is 11.1 Å². The highest BCUT2D eigenvalue weighted by Gasteiger charge is 2.27. The molecule has 9 nitrogen and oxygen atoms in total. The Morgan fingerprint density at radius 2 is 1.90 bits per heavy atom. The molecule has 4 rings (SSSR count). The summed E-state index contributed by atoms with van der Waals surface area (Å²) in [5.74, 6) is -1.45. The number of fused-ring (bicyclic) bond motifs is 1. The van der Waals surface area contributed by atoms with Crippen molar-refractivity contribution in [3.63, 3.8) is 0 Å². The minimum Gasteiger partial charge on any atom is -0.459 e. The van der Waals surface area contributed by atoms with Gasteiger partial charge in [0.05, 0.1) is 18.0 Å². The lowest BCUT2D eigenvalue weighted by atomic mass is 10.0. The average molecular weight is 391 g/mol. The van der Waals surface area contributed by atoms with Crippen molar-refractivity contribution < 1.29 is 18.7 Å². The van der Waals surface area contributed by atoms with Gasteiger partial charge in [-0.2, -0.15) is 0 Å². The van der Waals surface area contributed by atoms with Crippen LogP contribution in [0.3, 0.4) is 0 Å². The van der Waals surface area contributed by atoms with Crippen LogP contribution < -0.4 is 10.6 Å². The molecule has 3 aromatic rings. The number of carbonyl (C=O) groups excluding carboxylic acids is 2. The number of rotatable bonds is 5. The van der Waals surface area contributed by atoms with Gasteiger partial charge >= 0.3 is 17.9 Å². The first-order chi connectivity index (χ1) is 14.2. The zero-order valence-electron chi connectivity index (χ0n) is 15.5. The molecule has 0 saturated heterocycles. The molecule has 1 amide bonds. The highest BCUT2D eigenvalue weighted by molar-refractivity contribution is 6.19. The second-order valence-corrected chi connectivity index (χ2v) is 6.06. The van der Waals surface area contributed by atoms with Crippen LogP contribution in [0.4, 0.5) is 11.7 Å². The lowest BCUT2D eigenvalue weighted by Gasteiger charge is -2.11. The summed E-state index contributed by atoms with van der Waals surface area (Å²) < 4.78 is 10.1. The summed E-state index contributed by atoms with van der Waals surface area (Å²) in [7, 11) is 0. The Kier molecular flexibility index (Phi) is 5.02. The molecule has 0 bridgehead atoms. The summed E-state index contributed by atoms with van der Waals surface area (Å²) in [6.07, 6.45) is -1.05. The van der Waals surface area contributed by atoms with Gasteiger partial charge in [-0.1, -0.05) is 58.7 Å². The molecule has 1 aromatic heterocycles. The molecule has 29 heavy (non-hydrogen) atoms. The van der Waals surface area contributed by atoms with E-state index in [-0.39, 0.29) is 18.5 Å². The van der Waals surface area contributed by atoms with Gasteiger partial charge in [-0.25, -0.2) is 9.79 Å². The molecular formula is C20H17N5O4. The fraction of sp³-hybridized carbons (Fsp3) is 0.150. The van der Waals surface area contributed by atoms with E-state index in [2.05, 4.69) is 25.8 Å². The van der Waals surface area contributed by atoms with Crippen molar-refractivity contribution in [3.05, 3.63) is 71.6 Å². The number of esters is 1. The third kappa shape index (κ3) is 3.84. The summed E-state index contributed by atoms with van der Waals surface area (Å²) in [6.45, 7) is 1.85. The minimum absolute atomic E-state index is 0.115. The summed E-state index contributed by atoms with van der Waals surface area (Å²) in [5.41, 5.74) is 2.90. The highest BCUT2D eigenvalue weighted by atomic mass is 16.5. The van der Waals surface area contributed by atoms with Gasteiger partial charge in [0.15, 0.2) is 0 Å². The number of carbonyl (C=O) groups is 2. The highest BCUT2D eigenvalue weighted by Crippen LogP contribution is 2.24. The Bertz CT molecular complexity index is 1080. The lowest BCUT2D eigenvalue weighted by Crippen LogP contribution is -2.32. The molecule has 2 N–H and O–H groups in total. The van der Waals surface area contributed by atoms with Gasteiger partial charge < -0.3 is 19.8 Å². The van der Waals surface area contributed by atoms with Crippen molar-refractivity contribution >= 4 is 29.3 Å². The number of benzene rings is 2. The van der Waals surface area contributed by atoms with E-state index >= 15 is 0 Å². The van der Waals surface area contributed by atoms with E-state index in [0.29, 0.717) is 11.4 Å². The minimum atomic E-state index is -1.05. The molecule has 1 aliphatic heterocycles. The second kappa shape index (κ2) is 7.93. The first-order valence-electron chi connectivity index (χ1n) is 8.96. The second-order valence-electron chi connectivity index (χ2n) is 6.06. The van der Waals surface area contributed by atoms with Crippen LogP contribution >= 0.6 is 0 Å². The molecule has 9 heteroatoms. The third-order valence-electron chi connectivity index (χ3n) is 4.13. The van der Waals surface area contributed by atoms with Gasteiger partial charge in [0, 0.05) is 11.1 Å². The van der Waals surface area contributed by atoms with Crippen LogP contribution in [-0.2, 0) is 9.53 Å². The molecule has 1 aliphatic rings. The number of hydrogen-bond donors (Lipinski definition) is 2. The molecule has 2 heterocycles. The molecule has 1 unspecified atom stereocenters. The normalized spacial score (nSPS) is 15.6. The number of ether oxygens (including phenoxy) is 1. The van der Waals surface area contributed by atoms with Crippen LogP contribution in [0.5, 0.6) is 0 Å². The smallest absolute Gasteiger partial charge is 0.396 e. The summed E-state index contributed by atoms with van der Waals surface area (Å²) >= 11 is 0. The molecule has 0 radical (unpaired) electrons. The molecule has 146 valence electrons. The van der Waals surface area contributed by atoms with Gasteiger partial charge in [0.1, 0.15) is 0 Å². The van der Waals surface area contributed by atoms with Crippen LogP contribution in [0.1, 0.15) is 28.7 Å². The maximum atomic E-state index is 12.7. The van der Waals surface area contributed by atoms with E-state index in [1.54, 1.807) is 13.0 Å². The van der Waals surface area contributed by atoms with Gasteiger partial charge in [-0.05, 0) is 13.0 Å². The molecule has 0 spiro atoms. The zero-order valence-corrected chi connectivity index (χ0v) is 15.5. The summed E-state index contributed by atoms with van der Waals surface area (Å²) in [6, 6.07) is 16.8. The number of amides is 1. The number of aromatic nitrogens is 2. The number of aliphatic imine (C=N–C) groups is 1. The third-order valence-corrected chi connectivity index (χ3v) is 4.13. The monoisotopic (exact) mass is 391 g/mol. The van der Waals surface area contributed by atoms with Gasteiger partial charge in [-0.3, -0.25) is 4.79 Å². The number of benzodiazepines with no additional fused rings is 1. The van der Waals surface area contributed by atoms with Crippen LogP contribution in [0.2, 0.25) is 0 Å². The first kappa shape index (κ1) is 18.4. The number of anilines is 2. The zero-order chi connectivity index (χ0) is 20.2. The van der Waals surface area contributed by atoms with Crippen LogP contribution in [-0.4, -0.2) is 40.6 Å². The number of nitrogens with one attached hydrogen (secondary N) is 2. The van der Waals surface area contributed by atoms with Crippen molar-refractivity contribution in [1.29, 1.82) is 0 Å². The molecule has 0 saturated carbocycles. The van der Waals surface area contributed by atoms with Gasteiger partial charge in [0.25, 0.3) is 5.91 Å². The predicted molar refractivity (Wildman–Crippen MR) is 105 cm³/mol. The van der Waals surface area contributed by atoms with E-state index in [1.807, 2.05) is 48.5 Å². The van der Waals surface area contributed by atoms with Crippen LogP contribution in [0.25, 0.3) is 0 Å². The maximum absolute atomic E-state index is 12.7.